The maximum atomic E-state index is 13.0. The summed E-state index contributed by atoms with van der Waals surface area (Å²) in [5, 5.41) is 0. The second-order valence-electron chi connectivity index (χ2n) is 6.42. The van der Waals surface area contributed by atoms with Crippen LogP contribution >= 0.6 is 23.2 Å². The van der Waals surface area contributed by atoms with Crippen LogP contribution in [-0.4, -0.2) is 11.9 Å². The quantitative estimate of drug-likeness (QED) is 0.761. The Bertz CT molecular complexity index is 547. The smallest absolute Gasteiger partial charge is 0.231 e. The Hall–Kier alpha value is -0.990. The van der Waals surface area contributed by atoms with Crippen molar-refractivity contribution in [2.24, 2.45) is 17.3 Å². The summed E-state index contributed by atoms with van der Waals surface area (Å²) in [4.78, 5) is 14.8. The first-order chi connectivity index (χ1) is 9.76. The van der Waals surface area contributed by atoms with Gasteiger partial charge in [-0.15, -0.1) is 0 Å². The number of rotatable bonds is 4. The van der Waals surface area contributed by atoms with Crippen molar-refractivity contribution in [1.82, 2.24) is 0 Å². The molecule has 0 saturated heterocycles. The molecule has 2 rings (SSSR count). The lowest BCUT2D eigenvalue weighted by Crippen LogP contribution is -2.39. The Morgan fingerprint density at radius 3 is 2.29 bits per heavy atom. The zero-order valence-corrected chi connectivity index (χ0v) is 14.3. The lowest BCUT2D eigenvalue weighted by atomic mass is 10.1. The monoisotopic (exact) mass is 325 g/mol. The van der Waals surface area contributed by atoms with Gasteiger partial charge in [-0.3, -0.25) is 4.79 Å². The maximum absolute atomic E-state index is 13.0. The summed E-state index contributed by atoms with van der Waals surface area (Å²) in [6.07, 6.45) is 1.79. The highest BCUT2D eigenvalue weighted by molar-refractivity contribution is 6.55. The van der Waals surface area contributed by atoms with Gasteiger partial charge in [0.15, 0.2) is 0 Å². The number of halogens is 2. The summed E-state index contributed by atoms with van der Waals surface area (Å²) in [6, 6.07) is 9.88. The van der Waals surface area contributed by atoms with Crippen molar-refractivity contribution in [3.63, 3.8) is 0 Å². The van der Waals surface area contributed by atoms with Crippen molar-refractivity contribution < 1.29 is 4.79 Å². The normalized spacial score (nSPS) is 22.8. The van der Waals surface area contributed by atoms with E-state index in [0.717, 1.165) is 5.69 Å². The summed E-state index contributed by atoms with van der Waals surface area (Å²) in [6.45, 7) is 8.22. The molecule has 1 fully saturated rings. The second-order valence-corrected chi connectivity index (χ2v) is 7.43. The van der Waals surface area contributed by atoms with Crippen LogP contribution in [0.15, 0.2) is 40.9 Å². The van der Waals surface area contributed by atoms with E-state index in [2.05, 4.69) is 13.8 Å². The van der Waals surface area contributed by atoms with E-state index in [4.69, 9.17) is 23.2 Å². The SMILES string of the molecule is CC(C)N(C(=O)[C@@H]1[C@H](C=C(Cl)Cl)C1(C)C)c1ccccc1. The van der Waals surface area contributed by atoms with E-state index in [9.17, 15) is 4.79 Å². The zero-order valence-electron chi connectivity index (χ0n) is 12.8. The van der Waals surface area contributed by atoms with Gasteiger partial charge in [-0.05, 0) is 43.4 Å². The van der Waals surface area contributed by atoms with Crippen LogP contribution in [0.5, 0.6) is 0 Å². The highest BCUT2D eigenvalue weighted by atomic mass is 35.5. The van der Waals surface area contributed by atoms with Crippen molar-refractivity contribution in [2.75, 3.05) is 4.90 Å². The molecular weight excluding hydrogens is 305 g/mol. The molecule has 0 N–H and O–H groups in total. The molecule has 2 nitrogen and oxygen atoms in total. The van der Waals surface area contributed by atoms with E-state index >= 15 is 0 Å². The summed E-state index contributed by atoms with van der Waals surface area (Å²) in [7, 11) is 0. The molecule has 0 spiro atoms. The van der Waals surface area contributed by atoms with Gasteiger partial charge in [0.1, 0.15) is 4.49 Å². The largest absolute Gasteiger partial charge is 0.310 e. The van der Waals surface area contributed by atoms with Crippen molar-refractivity contribution in [1.29, 1.82) is 0 Å². The predicted octanol–water partition coefficient (Wildman–Crippen LogP) is 5.02. The fraction of sp³-hybridized carbons (Fsp3) is 0.471. The van der Waals surface area contributed by atoms with Crippen LogP contribution < -0.4 is 4.90 Å². The van der Waals surface area contributed by atoms with Gasteiger partial charge >= 0.3 is 0 Å². The van der Waals surface area contributed by atoms with Crippen LogP contribution in [0.1, 0.15) is 27.7 Å². The third kappa shape index (κ3) is 3.27. The summed E-state index contributed by atoms with van der Waals surface area (Å²) in [5.74, 6) is 0.157. The molecule has 0 aromatic heterocycles. The van der Waals surface area contributed by atoms with Crippen LogP contribution in [0.2, 0.25) is 0 Å². The van der Waals surface area contributed by atoms with E-state index in [-0.39, 0.29) is 33.7 Å². The zero-order chi connectivity index (χ0) is 15.8. The molecule has 1 saturated carbocycles. The number of anilines is 1. The topological polar surface area (TPSA) is 20.3 Å². The maximum Gasteiger partial charge on any atom is 0.231 e. The van der Waals surface area contributed by atoms with Gasteiger partial charge in [0.05, 0.1) is 5.92 Å². The van der Waals surface area contributed by atoms with Gasteiger partial charge in [-0.25, -0.2) is 0 Å². The molecule has 0 unspecified atom stereocenters. The molecular formula is C17H21Cl2NO. The molecule has 1 aliphatic rings. The number of carbonyl (C=O) groups excluding carboxylic acids is 1. The molecule has 0 aliphatic heterocycles. The minimum absolute atomic E-state index is 0.0763. The number of benzene rings is 1. The molecule has 0 bridgehead atoms. The highest BCUT2D eigenvalue weighted by Gasteiger charge is 2.61. The van der Waals surface area contributed by atoms with Crippen LogP contribution in [0.3, 0.4) is 0 Å². The molecule has 1 aliphatic carbocycles. The van der Waals surface area contributed by atoms with Gasteiger partial charge < -0.3 is 4.90 Å². The van der Waals surface area contributed by atoms with Crippen molar-refractivity contribution in [3.8, 4) is 0 Å². The first-order valence-electron chi connectivity index (χ1n) is 7.17. The Labute approximate surface area is 136 Å². The van der Waals surface area contributed by atoms with E-state index < -0.39 is 0 Å². The average Bonchev–Trinajstić information content (AvgIpc) is 2.90. The highest BCUT2D eigenvalue weighted by Crippen LogP contribution is 2.60. The number of hydrogen-bond acceptors (Lipinski definition) is 1. The fourth-order valence-electron chi connectivity index (χ4n) is 3.01. The van der Waals surface area contributed by atoms with Crippen LogP contribution in [-0.2, 0) is 4.79 Å². The number of hydrogen-bond donors (Lipinski definition) is 0. The summed E-state index contributed by atoms with van der Waals surface area (Å²) in [5.41, 5.74) is 0.827. The Balaban J connectivity index is 2.28. The van der Waals surface area contributed by atoms with Gasteiger partial charge in [-0.2, -0.15) is 0 Å². The van der Waals surface area contributed by atoms with E-state index in [1.807, 2.05) is 49.1 Å². The second kappa shape index (κ2) is 6.02. The number of para-hydroxylation sites is 1. The Morgan fingerprint density at radius 1 is 1.24 bits per heavy atom. The molecule has 114 valence electrons. The van der Waals surface area contributed by atoms with Crippen molar-refractivity contribution in [2.45, 2.75) is 33.7 Å². The third-order valence-corrected chi connectivity index (χ3v) is 4.52. The molecule has 1 aromatic carbocycles. The lowest BCUT2D eigenvalue weighted by Gasteiger charge is -2.27. The Morgan fingerprint density at radius 2 is 1.81 bits per heavy atom. The molecule has 0 radical (unpaired) electrons. The predicted molar refractivity (Wildman–Crippen MR) is 89.6 cm³/mol. The van der Waals surface area contributed by atoms with Crippen LogP contribution in [0.4, 0.5) is 5.69 Å². The van der Waals surface area contributed by atoms with Gasteiger partial charge in [0, 0.05) is 11.7 Å². The van der Waals surface area contributed by atoms with Crippen molar-refractivity contribution >= 4 is 34.8 Å². The first kappa shape index (κ1) is 16.4. The molecule has 0 heterocycles. The molecule has 2 atom stereocenters. The standard InChI is InChI=1S/C17H21Cl2NO/c1-11(2)20(12-8-6-5-7-9-12)16(21)15-13(10-14(18)19)17(15,3)4/h5-11,13,15H,1-4H3/t13-,15-/m0/s1. The van der Waals surface area contributed by atoms with E-state index in [1.54, 1.807) is 6.08 Å². The number of amides is 1. The average molecular weight is 326 g/mol. The Kier molecular flexibility index (Phi) is 4.69. The van der Waals surface area contributed by atoms with Gasteiger partial charge in [0.2, 0.25) is 5.91 Å². The molecule has 1 amide bonds. The summed E-state index contributed by atoms with van der Waals surface area (Å²) >= 11 is 11.5. The number of nitrogens with zero attached hydrogens (tertiary/aromatic N) is 1. The van der Waals surface area contributed by atoms with E-state index in [1.165, 1.54) is 0 Å². The fourth-order valence-corrected chi connectivity index (χ4v) is 3.29. The molecule has 21 heavy (non-hydrogen) atoms. The van der Waals surface area contributed by atoms with Crippen molar-refractivity contribution in [3.05, 3.63) is 40.9 Å². The third-order valence-electron chi connectivity index (χ3n) is 4.27. The number of allylic oxidation sites excluding steroid dienone is 1. The van der Waals surface area contributed by atoms with E-state index in [0.29, 0.717) is 0 Å². The first-order valence-corrected chi connectivity index (χ1v) is 7.93. The number of carbonyl (C=O) groups is 1. The summed E-state index contributed by atoms with van der Waals surface area (Å²) < 4.78 is 0.235. The van der Waals surface area contributed by atoms with Crippen LogP contribution in [0.25, 0.3) is 0 Å². The minimum atomic E-state index is -0.103. The minimum Gasteiger partial charge on any atom is -0.310 e. The van der Waals surface area contributed by atoms with Gasteiger partial charge in [0.25, 0.3) is 0 Å². The molecule has 4 heteroatoms. The lowest BCUT2D eigenvalue weighted by molar-refractivity contribution is -0.120. The van der Waals surface area contributed by atoms with Crippen LogP contribution in [0, 0.1) is 17.3 Å². The molecule has 1 aromatic rings. The van der Waals surface area contributed by atoms with Gasteiger partial charge in [-0.1, -0.05) is 55.2 Å².